The van der Waals surface area contributed by atoms with Crippen molar-refractivity contribution >= 4 is 6.09 Å². The molecule has 0 unspecified atom stereocenters. The third-order valence-electron chi connectivity index (χ3n) is 4.12. The SMILES string of the molecule is COc1ccccc1C[C@@H]1CCCN(C(=O)OC(C)(C)C)[C@@H]1N. The van der Waals surface area contributed by atoms with Gasteiger partial charge in [0.2, 0.25) is 0 Å². The second-order valence-corrected chi connectivity index (χ2v) is 7.08. The number of hydrogen-bond acceptors (Lipinski definition) is 4. The number of hydrogen-bond donors (Lipinski definition) is 1. The summed E-state index contributed by atoms with van der Waals surface area (Å²) in [4.78, 5) is 14.0. The van der Waals surface area contributed by atoms with E-state index in [4.69, 9.17) is 15.2 Å². The van der Waals surface area contributed by atoms with E-state index in [0.717, 1.165) is 30.6 Å². The van der Waals surface area contributed by atoms with Crippen molar-refractivity contribution in [2.45, 2.75) is 51.8 Å². The fraction of sp³-hybridized carbons (Fsp3) is 0.611. The summed E-state index contributed by atoms with van der Waals surface area (Å²) in [7, 11) is 1.67. The maximum Gasteiger partial charge on any atom is 0.411 e. The molecule has 1 heterocycles. The molecule has 0 bridgehead atoms. The van der Waals surface area contributed by atoms with Gasteiger partial charge >= 0.3 is 6.09 Å². The molecule has 0 radical (unpaired) electrons. The van der Waals surface area contributed by atoms with Crippen LogP contribution in [0, 0.1) is 5.92 Å². The normalized spacial score (nSPS) is 21.9. The Bertz CT molecular complexity index is 539. The van der Waals surface area contributed by atoms with Gasteiger partial charge in [0.15, 0.2) is 0 Å². The third-order valence-corrected chi connectivity index (χ3v) is 4.12. The molecule has 5 nitrogen and oxygen atoms in total. The van der Waals surface area contributed by atoms with Gasteiger partial charge in [0.25, 0.3) is 0 Å². The lowest BCUT2D eigenvalue weighted by atomic mass is 9.88. The Hall–Kier alpha value is -1.75. The predicted molar refractivity (Wildman–Crippen MR) is 90.3 cm³/mol. The maximum absolute atomic E-state index is 12.3. The van der Waals surface area contributed by atoms with Crippen molar-refractivity contribution in [3.8, 4) is 5.75 Å². The second-order valence-electron chi connectivity index (χ2n) is 7.08. The molecule has 0 aliphatic carbocycles. The summed E-state index contributed by atoms with van der Waals surface area (Å²) in [6.07, 6.45) is 2.08. The molecule has 0 aromatic heterocycles. The molecule has 2 N–H and O–H groups in total. The molecule has 2 rings (SSSR count). The first-order valence-electron chi connectivity index (χ1n) is 8.19. The molecule has 1 saturated heterocycles. The third kappa shape index (κ3) is 4.61. The van der Waals surface area contributed by atoms with Crippen LogP contribution in [0.5, 0.6) is 5.75 Å². The van der Waals surface area contributed by atoms with Crippen molar-refractivity contribution in [2.75, 3.05) is 13.7 Å². The average Bonchev–Trinajstić information content (AvgIpc) is 2.48. The summed E-state index contributed by atoms with van der Waals surface area (Å²) < 4.78 is 10.9. The molecule has 1 aromatic rings. The summed E-state index contributed by atoms with van der Waals surface area (Å²) in [5, 5.41) is 0. The monoisotopic (exact) mass is 320 g/mol. The molecule has 1 aliphatic rings. The lowest BCUT2D eigenvalue weighted by Gasteiger charge is -2.39. The van der Waals surface area contributed by atoms with Crippen molar-refractivity contribution < 1.29 is 14.3 Å². The van der Waals surface area contributed by atoms with E-state index in [1.807, 2.05) is 39.0 Å². The van der Waals surface area contributed by atoms with Crippen LogP contribution in [0.1, 0.15) is 39.2 Å². The maximum atomic E-state index is 12.3. The first-order valence-corrected chi connectivity index (χ1v) is 8.19. The molecular weight excluding hydrogens is 292 g/mol. The first kappa shape index (κ1) is 17.6. The van der Waals surface area contributed by atoms with E-state index in [9.17, 15) is 4.79 Å². The van der Waals surface area contributed by atoms with Gasteiger partial charge in [0.05, 0.1) is 13.3 Å². The molecule has 128 valence electrons. The zero-order chi connectivity index (χ0) is 17.0. The molecule has 1 aliphatic heterocycles. The highest BCUT2D eigenvalue weighted by Gasteiger charge is 2.34. The van der Waals surface area contributed by atoms with Crippen molar-refractivity contribution in [3.05, 3.63) is 29.8 Å². The number of ether oxygens (including phenoxy) is 2. The predicted octanol–water partition coefficient (Wildman–Crippen LogP) is 3.17. The molecule has 0 saturated carbocycles. The lowest BCUT2D eigenvalue weighted by molar-refractivity contribution is 0.00105. The molecular formula is C18H28N2O3. The number of benzene rings is 1. The van der Waals surface area contributed by atoms with E-state index in [1.54, 1.807) is 12.0 Å². The van der Waals surface area contributed by atoms with Crippen LogP contribution in [0.4, 0.5) is 4.79 Å². The Balaban J connectivity index is 2.07. The fourth-order valence-electron chi connectivity index (χ4n) is 3.01. The van der Waals surface area contributed by atoms with Crippen LogP contribution in [0.25, 0.3) is 0 Å². The van der Waals surface area contributed by atoms with Gasteiger partial charge in [0, 0.05) is 6.54 Å². The van der Waals surface area contributed by atoms with Crippen molar-refractivity contribution in [1.29, 1.82) is 0 Å². The molecule has 1 aromatic carbocycles. The second kappa shape index (κ2) is 7.21. The average molecular weight is 320 g/mol. The summed E-state index contributed by atoms with van der Waals surface area (Å²) in [6, 6.07) is 7.96. The summed E-state index contributed by atoms with van der Waals surface area (Å²) >= 11 is 0. The number of methoxy groups -OCH3 is 1. The quantitative estimate of drug-likeness (QED) is 0.929. The van der Waals surface area contributed by atoms with Crippen LogP contribution >= 0.6 is 0 Å². The van der Waals surface area contributed by atoms with Crippen molar-refractivity contribution in [2.24, 2.45) is 11.7 Å². The Morgan fingerprint density at radius 2 is 2.04 bits per heavy atom. The van der Waals surface area contributed by atoms with Crippen LogP contribution < -0.4 is 10.5 Å². The molecule has 1 amide bonds. The van der Waals surface area contributed by atoms with E-state index in [1.165, 1.54) is 0 Å². The van der Waals surface area contributed by atoms with E-state index in [-0.39, 0.29) is 18.2 Å². The van der Waals surface area contributed by atoms with Gasteiger partial charge in [0.1, 0.15) is 11.4 Å². The van der Waals surface area contributed by atoms with E-state index < -0.39 is 5.60 Å². The number of likely N-dealkylation sites (tertiary alicyclic amines) is 1. The van der Waals surface area contributed by atoms with Crippen LogP contribution in [0.2, 0.25) is 0 Å². The van der Waals surface area contributed by atoms with Gasteiger partial charge < -0.3 is 15.2 Å². The minimum absolute atomic E-state index is 0.201. The number of para-hydroxylation sites is 1. The van der Waals surface area contributed by atoms with Crippen molar-refractivity contribution in [3.63, 3.8) is 0 Å². The highest BCUT2D eigenvalue weighted by atomic mass is 16.6. The van der Waals surface area contributed by atoms with Crippen molar-refractivity contribution in [1.82, 2.24) is 4.90 Å². The molecule has 0 spiro atoms. The Kier molecular flexibility index (Phi) is 5.52. The summed E-state index contributed by atoms with van der Waals surface area (Å²) in [5.74, 6) is 1.07. The van der Waals surface area contributed by atoms with Gasteiger partial charge in [-0.2, -0.15) is 0 Å². The minimum atomic E-state index is -0.508. The van der Waals surface area contributed by atoms with Gasteiger partial charge in [-0.05, 0) is 57.6 Å². The Morgan fingerprint density at radius 1 is 1.35 bits per heavy atom. The summed E-state index contributed by atoms with van der Waals surface area (Å²) in [5.41, 5.74) is 6.99. The van der Waals surface area contributed by atoms with Crippen LogP contribution in [0.15, 0.2) is 24.3 Å². The first-order chi connectivity index (χ1) is 10.8. The lowest BCUT2D eigenvalue weighted by Crippen LogP contribution is -2.55. The topological polar surface area (TPSA) is 64.8 Å². The van der Waals surface area contributed by atoms with Gasteiger partial charge in [-0.1, -0.05) is 18.2 Å². The minimum Gasteiger partial charge on any atom is -0.496 e. The number of nitrogens with two attached hydrogens (primary N) is 1. The number of nitrogens with zero attached hydrogens (tertiary/aromatic N) is 1. The van der Waals surface area contributed by atoms with Gasteiger partial charge in [-0.3, -0.25) is 4.90 Å². The number of carbonyl (C=O) groups excluding carboxylic acids is 1. The summed E-state index contributed by atoms with van der Waals surface area (Å²) in [6.45, 7) is 6.25. The van der Waals surface area contributed by atoms with Crippen LogP contribution in [0.3, 0.4) is 0 Å². The highest BCUT2D eigenvalue weighted by Crippen LogP contribution is 2.29. The smallest absolute Gasteiger partial charge is 0.411 e. The fourth-order valence-corrected chi connectivity index (χ4v) is 3.01. The van der Waals surface area contributed by atoms with E-state index in [0.29, 0.717) is 6.54 Å². The molecule has 23 heavy (non-hydrogen) atoms. The number of piperidine rings is 1. The van der Waals surface area contributed by atoms with Gasteiger partial charge in [-0.25, -0.2) is 4.79 Å². The van der Waals surface area contributed by atoms with E-state index in [2.05, 4.69) is 6.07 Å². The molecule has 2 atom stereocenters. The molecule has 1 fully saturated rings. The molecule has 5 heteroatoms. The number of carbonyl (C=O) groups is 1. The standard InChI is InChI=1S/C18H28N2O3/c1-18(2,3)23-17(21)20-11-7-9-14(16(20)19)12-13-8-5-6-10-15(13)22-4/h5-6,8,10,14,16H,7,9,11-12,19H2,1-4H3/t14-,16-/m0/s1. The highest BCUT2D eigenvalue weighted by molar-refractivity contribution is 5.68. The Labute approximate surface area is 138 Å². The van der Waals surface area contributed by atoms with Gasteiger partial charge in [-0.15, -0.1) is 0 Å². The number of rotatable bonds is 3. The zero-order valence-corrected chi connectivity index (χ0v) is 14.5. The van der Waals surface area contributed by atoms with Crippen LogP contribution in [-0.4, -0.2) is 36.4 Å². The number of amides is 1. The largest absolute Gasteiger partial charge is 0.496 e. The zero-order valence-electron chi connectivity index (χ0n) is 14.5. The Morgan fingerprint density at radius 3 is 2.70 bits per heavy atom. The van der Waals surface area contributed by atoms with Crippen LogP contribution in [-0.2, 0) is 11.2 Å². The van der Waals surface area contributed by atoms with E-state index >= 15 is 0 Å².